The molecule has 0 bridgehead atoms. The van der Waals surface area contributed by atoms with Crippen molar-refractivity contribution in [2.75, 3.05) is 5.73 Å². The van der Waals surface area contributed by atoms with Crippen LogP contribution in [0.1, 0.15) is 12.0 Å². The molecule has 2 nitrogen and oxygen atoms in total. The number of fused-ring (bicyclic) bond motifs is 1. The van der Waals surface area contributed by atoms with Crippen molar-refractivity contribution in [3.63, 3.8) is 0 Å². The maximum absolute atomic E-state index is 13.0. The molecule has 102 valence electrons. The number of nitrogen functional groups attached to an aromatic ring is 1. The van der Waals surface area contributed by atoms with E-state index in [1.807, 2.05) is 24.3 Å². The Morgan fingerprint density at radius 3 is 2.70 bits per heavy atom. The van der Waals surface area contributed by atoms with Gasteiger partial charge in [-0.1, -0.05) is 23.9 Å². The highest BCUT2D eigenvalue weighted by Crippen LogP contribution is 2.39. The van der Waals surface area contributed by atoms with Crippen LogP contribution >= 0.6 is 23.1 Å². The Balaban J connectivity index is 1.98. The van der Waals surface area contributed by atoms with Gasteiger partial charge in [-0.3, -0.25) is 0 Å². The zero-order chi connectivity index (χ0) is 14.1. The van der Waals surface area contributed by atoms with Gasteiger partial charge >= 0.3 is 0 Å². The van der Waals surface area contributed by atoms with Gasteiger partial charge in [-0.2, -0.15) is 0 Å². The number of halogens is 2. The van der Waals surface area contributed by atoms with Crippen molar-refractivity contribution in [3.05, 3.63) is 48.0 Å². The van der Waals surface area contributed by atoms with E-state index in [0.29, 0.717) is 10.6 Å². The molecule has 0 atom stereocenters. The normalized spacial score (nSPS) is 11.3. The van der Waals surface area contributed by atoms with Gasteiger partial charge in [-0.05, 0) is 30.3 Å². The number of aromatic nitrogens is 1. The van der Waals surface area contributed by atoms with Gasteiger partial charge in [0.1, 0.15) is 0 Å². The highest BCUT2D eigenvalue weighted by atomic mass is 32.2. The van der Waals surface area contributed by atoms with Crippen molar-refractivity contribution < 1.29 is 8.78 Å². The fraction of sp³-hybridized carbons (Fsp3) is 0.0714. The number of thiazole rings is 1. The predicted molar refractivity (Wildman–Crippen MR) is 79.6 cm³/mol. The van der Waals surface area contributed by atoms with Crippen LogP contribution in [0.5, 0.6) is 0 Å². The molecular formula is C14H10F2N2S2. The Kier molecular flexibility index (Phi) is 3.58. The van der Waals surface area contributed by atoms with Crippen molar-refractivity contribution in [1.82, 2.24) is 4.98 Å². The summed E-state index contributed by atoms with van der Waals surface area (Å²) in [6.45, 7) is 0. The van der Waals surface area contributed by atoms with E-state index < -0.39 is 6.43 Å². The molecule has 20 heavy (non-hydrogen) atoms. The van der Waals surface area contributed by atoms with E-state index in [-0.39, 0.29) is 5.56 Å². The highest BCUT2D eigenvalue weighted by Gasteiger charge is 2.15. The number of hydrogen-bond acceptors (Lipinski definition) is 4. The number of nitrogens with zero attached hydrogens (tertiary/aromatic N) is 1. The zero-order valence-corrected chi connectivity index (χ0v) is 11.8. The van der Waals surface area contributed by atoms with Crippen LogP contribution in [-0.2, 0) is 0 Å². The molecular weight excluding hydrogens is 298 g/mol. The summed E-state index contributed by atoms with van der Waals surface area (Å²) in [5, 5.41) is 0. The molecule has 0 saturated carbocycles. The lowest BCUT2D eigenvalue weighted by Crippen LogP contribution is -1.92. The number of rotatable bonds is 3. The Labute approximate surface area is 122 Å². The number of alkyl halides is 2. The maximum Gasteiger partial charge on any atom is 0.265 e. The smallest absolute Gasteiger partial charge is 0.265 e. The molecule has 0 saturated heterocycles. The summed E-state index contributed by atoms with van der Waals surface area (Å²) in [7, 11) is 0. The number of benzene rings is 2. The molecule has 0 aliphatic heterocycles. The van der Waals surface area contributed by atoms with Crippen LogP contribution in [0, 0.1) is 0 Å². The van der Waals surface area contributed by atoms with E-state index in [4.69, 9.17) is 5.73 Å². The quantitative estimate of drug-likeness (QED) is 0.694. The zero-order valence-electron chi connectivity index (χ0n) is 10.2. The number of anilines is 1. The van der Waals surface area contributed by atoms with Gasteiger partial charge in [-0.15, -0.1) is 11.3 Å². The van der Waals surface area contributed by atoms with Crippen LogP contribution < -0.4 is 5.73 Å². The average Bonchev–Trinajstić information content (AvgIpc) is 2.82. The molecule has 0 spiro atoms. The Morgan fingerprint density at radius 2 is 1.95 bits per heavy atom. The summed E-state index contributed by atoms with van der Waals surface area (Å²) in [4.78, 5) is 4.93. The molecule has 1 aromatic heterocycles. The van der Waals surface area contributed by atoms with E-state index in [0.717, 1.165) is 14.6 Å². The predicted octanol–water partition coefficient (Wildman–Crippen LogP) is 4.97. The van der Waals surface area contributed by atoms with Crippen molar-refractivity contribution in [1.29, 1.82) is 0 Å². The molecule has 0 fully saturated rings. The molecule has 1 heterocycles. The summed E-state index contributed by atoms with van der Waals surface area (Å²) in [5.74, 6) is 0. The first-order valence-electron chi connectivity index (χ1n) is 5.84. The third-order valence-electron chi connectivity index (χ3n) is 2.74. The standard InChI is InChI=1S/C14H10F2N2S2/c15-13(16)9-7-8(17)5-6-11(9)19-14-18-10-3-1-2-4-12(10)20-14/h1-7,13H,17H2. The van der Waals surface area contributed by atoms with Crippen LogP contribution in [0.3, 0.4) is 0 Å². The minimum Gasteiger partial charge on any atom is -0.399 e. The topological polar surface area (TPSA) is 38.9 Å². The fourth-order valence-electron chi connectivity index (χ4n) is 1.82. The number of nitrogens with two attached hydrogens (primary N) is 1. The van der Waals surface area contributed by atoms with Gasteiger partial charge in [0.05, 0.1) is 10.2 Å². The van der Waals surface area contributed by atoms with Gasteiger partial charge in [-0.25, -0.2) is 13.8 Å². The minimum absolute atomic E-state index is 0.0470. The Morgan fingerprint density at radius 1 is 1.15 bits per heavy atom. The van der Waals surface area contributed by atoms with Crippen LogP contribution in [0.25, 0.3) is 10.2 Å². The SMILES string of the molecule is Nc1ccc(Sc2nc3ccccc3s2)c(C(F)F)c1. The third kappa shape index (κ3) is 2.62. The maximum atomic E-state index is 13.0. The summed E-state index contributed by atoms with van der Waals surface area (Å²) in [6.07, 6.45) is -2.55. The fourth-order valence-corrected chi connectivity index (χ4v) is 3.96. The minimum atomic E-state index is -2.55. The summed E-state index contributed by atoms with van der Waals surface area (Å²) in [6, 6.07) is 12.3. The van der Waals surface area contributed by atoms with Gasteiger partial charge in [0.2, 0.25) is 0 Å². The first-order valence-corrected chi connectivity index (χ1v) is 7.48. The Hall–Kier alpha value is -1.66. The molecule has 0 aliphatic rings. The monoisotopic (exact) mass is 308 g/mol. The summed E-state index contributed by atoms with van der Waals surface area (Å²) >= 11 is 2.74. The molecule has 3 aromatic rings. The molecule has 0 amide bonds. The van der Waals surface area contributed by atoms with E-state index in [1.165, 1.54) is 29.2 Å². The van der Waals surface area contributed by atoms with Crippen molar-refractivity contribution in [2.45, 2.75) is 15.7 Å². The second kappa shape index (κ2) is 5.38. The van der Waals surface area contributed by atoms with E-state index >= 15 is 0 Å². The molecule has 0 radical (unpaired) electrons. The molecule has 6 heteroatoms. The van der Waals surface area contributed by atoms with Crippen LogP contribution in [0.15, 0.2) is 51.7 Å². The summed E-state index contributed by atoms with van der Waals surface area (Å²) in [5.41, 5.74) is 6.74. The molecule has 0 unspecified atom stereocenters. The van der Waals surface area contributed by atoms with Gasteiger partial charge < -0.3 is 5.73 Å². The van der Waals surface area contributed by atoms with Crippen LogP contribution in [0.4, 0.5) is 14.5 Å². The highest BCUT2D eigenvalue weighted by molar-refractivity contribution is 8.01. The van der Waals surface area contributed by atoms with Crippen LogP contribution in [0.2, 0.25) is 0 Å². The van der Waals surface area contributed by atoms with E-state index in [9.17, 15) is 8.78 Å². The van der Waals surface area contributed by atoms with Gasteiger partial charge in [0, 0.05) is 16.1 Å². The summed E-state index contributed by atoms with van der Waals surface area (Å²) < 4.78 is 27.9. The van der Waals surface area contributed by atoms with Crippen molar-refractivity contribution >= 4 is 39.0 Å². The van der Waals surface area contributed by atoms with Gasteiger partial charge in [0.25, 0.3) is 6.43 Å². The largest absolute Gasteiger partial charge is 0.399 e. The lowest BCUT2D eigenvalue weighted by molar-refractivity contribution is 0.148. The average molecular weight is 308 g/mol. The molecule has 2 N–H and O–H groups in total. The lowest BCUT2D eigenvalue weighted by Gasteiger charge is -2.07. The van der Waals surface area contributed by atoms with E-state index in [2.05, 4.69) is 4.98 Å². The Bertz CT molecular complexity index is 723. The van der Waals surface area contributed by atoms with Crippen LogP contribution in [-0.4, -0.2) is 4.98 Å². The van der Waals surface area contributed by atoms with Gasteiger partial charge in [0.15, 0.2) is 4.34 Å². The molecule has 2 aromatic carbocycles. The third-order valence-corrected chi connectivity index (χ3v) is 4.93. The number of para-hydroxylation sites is 1. The number of hydrogen-bond donors (Lipinski definition) is 1. The van der Waals surface area contributed by atoms with E-state index in [1.54, 1.807) is 12.1 Å². The second-order valence-corrected chi connectivity index (χ2v) is 6.47. The first kappa shape index (κ1) is 13.3. The second-order valence-electron chi connectivity index (χ2n) is 4.15. The lowest BCUT2D eigenvalue weighted by atomic mass is 10.2. The molecule has 3 rings (SSSR count). The first-order chi connectivity index (χ1) is 9.63. The van der Waals surface area contributed by atoms with Crippen molar-refractivity contribution in [2.24, 2.45) is 0 Å². The molecule has 0 aliphatic carbocycles. The van der Waals surface area contributed by atoms with Crippen molar-refractivity contribution in [3.8, 4) is 0 Å².